The second kappa shape index (κ2) is 5.82. The van der Waals surface area contributed by atoms with Crippen molar-refractivity contribution in [2.75, 3.05) is 13.7 Å². The van der Waals surface area contributed by atoms with Crippen LogP contribution < -0.4 is 0 Å². The largest absolute Gasteiger partial charge is 0.380 e. The highest BCUT2D eigenvalue weighted by Crippen LogP contribution is 2.41. The molecule has 2 saturated heterocycles. The average Bonchev–Trinajstić information content (AvgIpc) is 2.94. The van der Waals surface area contributed by atoms with Crippen LogP contribution in [0.15, 0.2) is 30.3 Å². The number of rotatable bonds is 2. The number of piperidine rings is 1. The molecule has 106 valence electrons. The van der Waals surface area contributed by atoms with Gasteiger partial charge in [-0.1, -0.05) is 46.3 Å². The molecule has 0 unspecified atom stereocenters. The molecular weight excluding hydrogens is 320 g/mol. The summed E-state index contributed by atoms with van der Waals surface area (Å²) in [5.41, 5.74) is 1.20. The maximum Gasteiger partial charge on any atom is 0.127 e. The molecule has 0 bridgehead atoms. The van der Waals surface area contributed by atoms with E-state index in [0.29, 0.717) is 13.0 Å². The van der Waals surface area contributed by atoms with Gasteiger partial charge in [-0.3, -0.25) is 4.90 Å². The molecule has 1 aromatic rings. The van der Waals surface area contributed by atoms with Crippen molar-refractivity contribution in [3.63, 3.8) is 0 Å². The third-order valence-corrected chi connectivity index (χ3v) is 5.20. The van der Waals surface area contributed by atoms with Gasteiger partial charge in [0.05, 0.1) is 29.6 Å². The molecule has 20 heavy (non-hydrogen) atoms. The number of ether oxygens (including phenoxy) is 2. The van der Waals surface area contributed by atoms with E-state index in [1.807, 2.05) is 18.2 Å². The van der Waals surface area contributed by atoms with Gasteiger partial charge in [-0.15, -0.1) is 0 Å². The fraction of sp³-hybridized carbons (Fsp3) is 0.533. The molecule has 5 atom stereocenters. The third-order valence-electron chi connectivity index (χ3n) is 4.16. The van der Waals surface area contributed by atoms with Crippen molar-refractivity contribution >= 4 is 15.9 Å². The van der Waals surface area contributed by atoms with Gasteiger partial charge < -0.3 is 9.47 Å². The fourth-order valence-corrected chi connectivity index (χ4v) is 3.99. The van der Waals surface area contributed by atoms with Gasteiger partial charge in [-0.25, -0.2) is 0 Å². The number of benzene rings is 1. The summed E-state index contributed by atoms with van der Waals surface area (Å²) in [5.74, 6) is 0. The van der Waals surface area contributed by atoms with Crippen LogP contribution in [0, 0.1) is 11.3 Å². The van der Waals surface area contributed by atoms with Crippen LogP contribution in [0.2, 0.25) is 0 Å². The van der Waals surface area contributed by atoms with Gasteiger partial charge in [-0.05, 0) is 5.56 Å². The Balaban J connectivity index is 1.90. The van der Waals surface area contributed by atoms with Gasteiger partial charge in [0, 0.05) is 13.5 Å². The topological polar surface area (TPSA) is 45.5 Å². The molecule has 2 aliphatic heterocycles. The quantitative estimate of drug-likeness (QED) is 0.778. The first-order valence-electron chi connectivity index (χ1n) is 6.76. The molecule has 2 aliphatic rings. The first kappa shape index (κ1) is 14.0. The molecule has 1 aromatic carbocycles. The molecule has 2 fully saturated rings. The molecule has 0 N–H and O–H groups in total. The van der Waals surface area contributed by atoms with Crippen molar-refractivity contribution in [1.82, 2.24) is 4.90 Å². The normalized spacial score (nSPS) is 37.4. The molecule has 3 rings (SSSR count). The molecular formula is C15H17BrN2O2. The summed E-state index contributed by atoms with van der Waals surface area (Å²) in [6.45, 7) is 0.616. The van der Waals surface area contributed by atoms with Crippen molar-refractivity contribution in [2.45, 2.75) is 35.7 Å². The molecule has 0 radical (unpaired) electrons. The van der Waals surface area contributed by atoms with Crippen molar-refractivity contribution in [3.8, 4) is 6.07 Å². The van der Waals surface area contributed by atoms with Crippen LogP contribution in [0.25, 0.3) is 0 Å². The van der Waals surface area contributed by atoms with Gasteiger partial charge in [0.1, 0.15) is 12.3 Å². The van der Waals surface area contributed by atoms with E-state index in [4.69, 9.17) is 9.47 Å². The first-order valence-corrected chi connectivity index (χ1v) is 7.68. The number of hydrogen-bond donors (Lipinski definition) is 0. The number of halogens is 1. The number of nitriles is 1. The van der Waals surface area contributed by atoms with E-state index in [1.54, 1.807) is 7.11 Å². The van der Waals surface area contributed by atoms with E-state index in [2.05, 4.69) is 39.0 Å². The van der Waals surface area contributed by atoms with E-state index < -0.39 is 0 Å². The first-order chi connectivity index (χ1) is 9.76. The molecule has 4 nitrogen and oxygen atoms in total. The standard InChI is InChI=1S/C15H17BrN2O2/c1-19-13-7-11(8-17)18-12(9-20-15(18)14(13)16)10-5-3-2-4-6-10/h2-6,11-15H,7,9H2,1H3/t11-,12-,13-,14-,15+/m0/s1. The predicted octanol–water partition coefficient (Wildman–Crippen LogP) is 2.46. The molecule has 0 aromatic heterocycles. The van der Waals surface area contributed by atoms with Gasteiger partial charge in [-0.2, -0.15) is 5.26 Å². The minimum atomic E-state index is -0.175. The second-order valence-corrected chi connectivity index (χ2v) is 6.25. The summed E-state index contributed by atoms with van der Waals surface area (Å²) < 4.78 is 11.4. The lowest BCUT2D eigenvalue weighted by Crippen LogP contribution is -2.55. The van der Waals surface area contributed by atoms with Crippen molar-refractivity contribution in [2.24, 2.45) is 0 Å². The Kier molecular flexibility index (Phi) is 4.08. The third kappa shape index (κ3) is 2.27. The molecule has 0 aliphatic carbocycles. The van der Waals surface area contributed by atoms with Crippen LogP contribution in [-0.2, 0) is 9.47 Å². The maximum atomic E-state index is 9.48. The zero-order chi connectivity index (χ0) is 14.1. The summed E-state index contributed by atoms with van der Waals surface area (Å²) in [6, 6.07) is 12.6. The summed E-state index contributed by atoms with van der Waals surface area (Å²) in [4.78, 5) is 2.27. The average molecular weight is 337 g/mol. The zero-order valence-electron chi connectivity index (χ0n) is 11.3. The highest BCUT2D eigenvalue weighted by molar-refractivity contribution is 9.09. The Morgan fingerprint density at radius 1 is 1.40 bits per heavy atom. The van der Waals surface area contributed by atoms with E-state index >= 15 is 0 Å². The second-order valence-electron chi connectivity index (χ2n) is 5.20. The van der Waals surface area contributed by atoms with Crippen molar-refractivity contribution in [3.05, 3.63) is 35.9 Å². The minimum absolute atomic E-state index is 0.00965. The number of fused-ring (bicyclic) bond motifs is 1. The van der Waals surface area contributed by atoms with Crippen LogP contribution in [-0.4, -0.2) is 41.8 Å². The predicted molar refractivity (Wildman–Crippen MR) is 78.3 cm³/mol. The Hall–Kier alpha value is -0.930. The number of methoxy groups -OCH3 is 1. The van der Waals surface area contributed by atoms with Crippen LogP contribution in [0.4, 0.5) is 0 Å². The fourth-order valence-electron chi connectivity index (χ4n) is 3.13. The summed E-state index contributed by atoms with van der Waals surface area (Å²) in [5, 5.41) is 9.48. The molecule has 0 spiro atoms. The van der Waals surface area contributed by atoms with E-state index in [-0.39, 0.29) is 29.2 Å². The van der Waals surface area contributed by atoms with Gasteiger partial charge >= 0.3 is 0 Å². The molecule has 0 amide bonds. The Labute approximate surface area is 127 Å². The van der Waals surface area contributed by atoms with Crippen molar-refractivity contribution < 1.29 is 9.47 Å². The number of nitrogens with zero attached hydrogens (tertiary/aromatic N) is 2. The summed E-state index contributed by atoms with van der Waals surface area (Å²) in [6.07, 6.45) is 0.602. The summed E-state index contributed by atoms with van der Waals surface area (Å²) in [7, 11) is 1.69. The van der Waals surface area contributed by atoms with Crippen molar-refractivity contribution in [1.29, 1.82) is 5.26 Å². The molecule has 0 saturated carbocycles. The molecule has 5 heteroatoms. The monoisotopic (exact) mass is 336 g/mol. The van der Waals surface area contributed by atoms with Crippen LogP contribution in [0.3, 0.4) is 0 Å². The Morgan fingerprint density at radius 3 is 2.80 bits per heavy atom. The van der Waals surface area contributed by atoms with E-state index in [0.717, 1.165) is 0 Å². The highest BCUT2D eigenvalue weighted by atomic mass is 79.9. The Bertz CT molecular complexity index is 504. The smallest absolute Gasteiger partial charge is 0.127 e. The minimum Gasteiger partial charge on any atom is -0.380 e. The van der Waals surface area contributed by atoms with Crippen LogP contribution in [0.5, 0.6) is 0 Å². The van der Waals surface area contributed by atoms with Crippen LogP contribution >= 0.6 is 15.9 Å². The van der Waals surface area contributed by atoms with Gasteiger partial charge in [0.15, 0.2) is 0 Å². The lowest BCUT2D eigenvalue weighted by Gasteiger charge is -2.42. The van der Waals surface area contributed by atoms with Gasteiger partial charge in [0.2, 0.25) is 0 Å². The maximum absolute atomic E-state index is 9.48. The number of hydrogen-bond acceptors (Lipinski definition) is 4. The highest BCUT2D eigenvalue weighted by Gasteiger charge is 2.50. The SMILES string of the molecule is CO[C@H]1C[C@@H](C#N)N2[C@H](OC[C@H]2c2ccccc2)[C@H]1Br. The zero-order valence-corrected chi connectivity index (χ0v) is 12.9. The van der Waals surface area contributed by atoms with Crippen LogP contribution in [0.1, 0.15) is 18.0 Å². The van der Waals surface area contributed by atoms with Gasteiger partial charge in [0.25, 0.3) is 0 Å². The van der Waals surface area contributed by atoms with E-state index in [9.17, 15) is 5.26 Å². The molecule has 2 heterocycles. The lowest BCUT2D eigenvalue weighted by molar-refractivity contribution is -0.0640. The lowest BCUT2D eigenvalue weighted by atomic mass is 9.95. The summed E-state index contributed by atoms with van der Waals surface area (Å²) >= 11 is 3.68. The van der Waals surface area contributed by atoms with E-state index in [1.165, 1.54) is 5.56 Å². The Morgan fingerprint density at radius 2 is 2.15 bits per heavy atom. The number of alkyl halides is 1.